The lowest BCUT2D eigenvalue weighted by atomic mass is 10.1. The largest absolute Gasteiger partial charge is 0.356 e. The highest BCUT2D eigenvalue weighted by atomic mass is 15.1. The lowest BCUT2D eigenvalue weighted by Gasteiger charge is -2.08. The van der Waals surface area contributed by atoms with Crippen LogP contribution in [0.2, 0.25) is 0 Å². The normalized spacial score (nSPS) is 18.1. The van der Waals surface area contributed by atoms with Crippen molar-refractivity contribution in [3.8, 4) is 0 Å². The number of aryl methyl sites for hydroxylation is 1. The Bertz CT molecular complexity index is 615. The predicted molar refractivity (Wildman–Crippen MR) is 62.4 cm³/mol. The third-order valence-corrected chi connectivity index (χ3v) is 1.30. The summed E-state index contributed by atoms with van der Waals surface area (Å²) in [6.45, 7) is -1.44. The summed E-state index contributed by atoms with van der Waals surface area (Å²) in [5, 5.41) is 18.8. The predicted octanol–water partition coefficient (Wildman–Crippen LogP) is 1.34. The molecule has 0 saturated carbocycles. The Morgan fingerprint density at radius 2 is 2.33 bits per heavy atom. The Hall–Kier alpha value is -1.84. The minimum Gasteiger partial charge on any atom is -0.356 e. The topological polar surface area (TPSA) is 71.8 Å². The van der Waals surface area contributed by atoms with Crippen molar-refractivity contribution in [3.05, 3.63) is 35.8 Å². The average molecular weight is 211 g/mol. The highest BCUT2D eigenvalue weighted by molar-refractivity contribution is 5.95. The van der Waals surface area contributed by atoms with Gasteiger partial charge in [-0.25, -0.2) is 0 Å². The van der Waals surface area contributed by atoms with Gasteiger partial charge in [-0.2, -0.15) is 0 Å². The van der Waals surface area contributed by atoms with Gasteiger partial charge < -0.3 is 10.6 Å². The van der Waals surface area contributed by atoms with E-state index in [9.17, 15) is 0 Å². The number of amidine groups is 1. The fourth-order valence-electron chi connectivity index (χ4n) is 0.765. The lowest BCUT2D eigenvalue weighted by Crippen LogP contribution is -2.39. The zero-order valence-corrected chi connectivity index (χ0v) is 8.15. The second-order valence-electron chi connectivity index (χ2n) is 2.64. The molecule has 0 aliphatic carbocycles. The Morgan fingerprint density at radius 1 is 1.53 bits per heavy atom. The van der Waals surface area contributed by atoms with E-state index in [1.54, 1.807) is 0 Å². The van der Waals surface area contributed by atoms with Crippen LogP contribution in [-0.2, 0) is 6.37 Å². The molecule has 0 spiro atoms. The molecule has 0 amide bonds. The maximum Gasteiger partial charge on any atom is 0.193 e. The second-order valence-corrected chi connectivity index (χ2v) is 2.64. The van der Waals surface area contributed by atoms with Crippen molar-refractivity contribution in [1.29, 1.82) is 10.8 Å². The molecule has 4 N–H and O–H groups in total. The number of benzene rings is 1. The molecule has 15 heavy (non-hydrogen) atoms. The highest BCUT2D eigenvalue weighted by Gasteiger charge is 1.95. The zero-order valence-electron chi connectivity index (χ0n) is 15.2. The third-order valence-electron chi connectivity index (χ3n) is 1.30. The van der Waals surface area contributed by atoms with E-state index in [0.717, 1.165) is 12.1 Å². The van der Waals surface area contributed by atoms with E-state index in [0.29, 0.717) is 0 Å². The van der Waals surface area contributed by atoms with Crippen LogP contribution in [-0.4, -0.2) is 18.3 Å². The van der Waals surface area contributed by atoms with E-state index < -0.39 is 36.5 Å². The fraction of sp³-hybridized carbons (Fsp3) is 0.273. The molecule has 0 heterocycles. The molecule has 0 radical (unpaired) electrons. The molecular weight excluding hydrogens is 188 g/mol. The smallest absolute Gasteiger partial charge is 0.193 e. The monoisotopic (exact) mass is 211 g/mol. The fourth-order valence-corrected chi connectivity index (χ4v) is 0.765. The first-order valence-electron chi connectivity index (χ1n) is 7.66. The summed E-state index contributed by atoms with van der Waals surface area (Å²) < 4.78 is 54.1. The molecule has 0 saturated heterocycles. The van der Waals surface area contributed by atoms with E-state index >= 15 is 0 Å². The number of guanidine groups is 1. The van der Waals surface area contributed by atoms with Gasteiger partial charge in [0, 0.05) is 12.0 Å². The first-order valence-corrected chi connectivity index (χ1v) is 4.16. The Labute approximate surface area is 99.6 Å². The van der Waals surface area contributed by atoms with Crippen molar-refractivity contribution in [3.63, 3.8) is 0 Å². The second kappa shape index (κ2) is 5.80. The molecule has 0 bridgehead atoms. The molecule has 4 nitrogen and oxygen atoms in total. The van der Waals surface area contributed by atoms with Crippen LogP contribution in [0, 0.1) is 10.8 Å². The van der Waals surface area contributed by atoms with Crippen molar-refractivity contribution in [2.45, 2.75) is 13.3 Å². The van der Waals surface area contributed by atoms with Gasteiger partial charge in [0.1, 0.15) is 0 Å². The summed E-state index contributed by atoms with van der Waals surface area (Å²) in [6.07, 6.45) is -2.74. The van der Waals surface area contributed by atoms with Crippen LogP contribution >= 0.6 is 0 Å². The summed E-state index contributed by atoms with van der Waals surface area (Å²) in [7, 11) is 0. The van der Waals surface area contributed by atoms with Gasteiger partial charge in [-0.3, -0.25) is 10.8 Å². The molecule has 0 atom stereocenters. The molecule has 0 aliphatic heterocycles. The van der Waals surface area contributed by atoms with Crippen molar-refractivity contribution >= 4 is 11.8 Å². The maximum atomic E-state index is 7.94. The first kappa shape index (κ1) is 4.79. The van der Waals surface area contributed by atoms with Crippen molar-refractivity contribution < 1.29 is 9.60 Å². The van der Waals surface area contributed by atoms with Gasteiger partial charge in [-0.15, -0.1) is 0 Å². The number of nitrogens with one attached hydrogen (secondary N) is 4. The van der Waals surface area contributed by atoms with Crippen LogP contribution in [0.5, 0.6) is 0 Å². The van der Waals surface area contributed by atoms with Crippen LogP contribution in [0.25, 0.3) is 0 Å². The van der Waals surface area contributed by atoms with Gasteiger partial charge in [-0.05, 0) is 18.9 Å². The quantitative estimate of drug-likeness (QED) is 0.450. The standard InChI is InChI=1S/C11H16N4/c1-9(12)15-11(13)14-8-7-10-5-3-2-4-6-10/h2-6H,7-8H2,1H3,(H4,12,13,14,15)/i2D,3D,5D,7D2,8D2. The molecule has 0 aliphatic rings. The number of hydrogen-bond acceptors (Lipinski definition) is 2. The van der Waals surface area contributed by atoms with Crippen LogP contribution in [0.1, 0.15) is 22.1 Å². The first-order chi connectivity index (χ1) is 9.90. The molecular formula is C11H16N4. The highest BCUT2D eigenvalue weighted by Crippen LogP contribution is 1.97. The van der Waals surface area contributed by atoms with Crippen LogP contribution in [0.3, 0.4) is 0 Å². The van der Waals surface area contributed by atoms with Crippen LogP contribution in [0.15, 0.2) is 30.3 Å². The van der Waals surface area contributed by atoms with Crippen LogP contribution in [0.4, 0.5) is 0 Å². The van der Waals surface area contributed by atoms with Gasteiger partial charge in [0.2, 0.25) is 0 Å². The van der Waals surface area contributed by atoms with Gasteiger partial charge >= 0.3 is 0 Å². The van der Waals surface area contributed by atoms with Gasteiger partial charge in [0.05, 0.1) is 9.95 Å². The molecule has 0 fully saturated rings. The Morgan fingerprint density at radius 3 is 3.07 bits per heavy atom. The molecule has 1 aromatic rings. The van der Waals surface area contributed by atoms with Crippen molar-refractivity contribution in [1.82, 2.24) is 10.6 Å². The third kappa shape index (κ3) is 4.81. The van der Waals surface area contributed by atoms with E-state index in [1.807, 2.05) is 5.32 Å². The van der Waals surface area contributed by atoms with Crippen molar-refractivity contribution in [2.24, 2.45) is 0 Å². The summed E-state index contributed by atoms with van der Waals surface area (Å²) in [6, 6.07) is 0.870. The molecule has 4 heteroatoms. The summed E-state index contributed by atoms with van der Waals surface area (Å²) >= 11 is 0. The molecule has 0 unspecified atom stereocenters. The maximum absolute atomic E-state index is 7.94. The molecule has 0 aromatic heterocycles. The summed E-state index contributed by atoms with van der Waals surface area (Å²) in [5.74, 6) is -0.724. The number of hydrogen-bond donors (Lipinski definition) is 4. The van der Waals surface area contributed by atoms with E-state index in [1.165, 1.54) is 6.92 Å². The number of rotatable bonds is 3. The van der Waals surface area contributed by atoms with Gasteiger partial charge in [0.25, 0.3) is 0 Å². The van der Waals surface area contributed by atoms with E-state index in [4.69, 9.17) is 20.4 Å². The summed E-state index contributed by atoms with van der Waals surface area (Å²) in [4.78, 5) is 0. The van der Waals surface area contributed by atoms with E-state index in [-0.39, 0.29) is 11.9 Å². The van der Waals surface area contributed by atoms with Gasteiger partial charge in [-0.1, -0.05) is 30.3 Å². The Balaban J connectivity index is 3.19. The molecule has 1 aromatic carbocycles. The Kier molecular flexibility index (Phi) is 1.85. The summed E-state index contributed by atoms with van der Waals surface area (Å²) in [5.41, 5.74) is -0.398. The minimum absolute atomic E-state index is 0.123. The molecule has 1 rings (SSSR count). The average Bonchev–Trinajstić information content (AvgIpc) is 2.33. The SMILES string of the molecule is [2H]c1ccc(C([2H])([2H])C([2H])([2H])NC(=N)NC(C)=N)c([2H])c1[2H]. The zero-order chi connectivity index (χ0) is 17.3. The van der Waals surface area contributed by atoms with E-state index in [2.05, 4.69) is 5.32 Å². The minimum atomic E-state index is -2.78. The molecule has 80 valence electrons. The van der Waals surface area contributed by atoms with Crippen LogP contribution < -0.4 is 10.6 Å². The van der Waals surface area contributed by atoms with Gasteiger partial charge in [0.15, 0.2) is 5.96 Å². The van der Waals surface area contributed by atoms with Crippen molar-refractivity contribution in [2.75, 3.05) is 6.50 Å². The lowest BCUT2D eigenvalue weighted by molar-refractivity contribution is 0.842.